The monoisotopic (exact) mass is 256 g/mol. The summed E-state index contributed by atoms with van der Waals surface area (Å²) in [7, 11) is 0. The fraction of sp³-hybridized carbons (Fsp3) is 0.529. The predicted octanol–water partition coefficient (Wildman–Crippen LogP) is 4.08. The Kier molecular flexibility index (Phi) is 3.61. The summed E-state index contributed by atoms with van der Waals surface area (Å²) in [6, 6.07) is 9.38. The van der Waals surface area contributed by atoms with Crippen molar-refractivity contribution in [1.29, 1.82) is 0 Å². The quantitative estimate of drug-likeness (QED) is 0.850. The van der Waals surface area contributed by atoms with Gasteiger partial charge in [-0.3, -0.25) is 0 Å². The van der Waals surface area contributed by atoms with Gasteiger partial charge in [0.05, 0.1) is 0 Å². The summed E-state index contributed by atoms with van der Waals surface area (Å²) in [6.07, 6.45) is 6.12. The van der Waals surface area contributed by atoms with Crippen LogP contribution < -0.4 is 5.32 Å². The Hall–Kier alpha value is -1.28. The van der Waals surface area contributed by atoms with Crippen LogP contribution in [-0.2, 0) is 6.54 Å². The summed E-state index contributed by atoms with van der Waals surface area (Å²) >= 11 is 0. The highest BCUT2D eigenvalue weighted by molar-refractivity contribution is 5.82. The lowest BCUT2D eigenvalue weighted by Gasteiger charge is -2.34. The van der Waals surface area contributed by atoms with Crippen LogP contribution in [0.4, 0.5) is 0 Å². The highest BCUT2D eigenvalue weighted by atomic mass is 14.9. The van der Waals surface area contributed by atoms with Gasteiger partial charge in [0.25, 0.3) is 0 Å². The third-order valence-corrected chi connectivity index (χ3v) is 4.95. The third kappa shape index (κ3) is 2.55. The van der Waals surface area contributed by atoms with Crippen LogP contribution in [0.5, 0.6) is 0 Å². The first-order chi connectivity index (χ1) is 9.25. The van der Waals surface area contributed by atoms with E-state index in [4.69, 9.17) is 0 Å². The Balaban J connectivity index is 1.70. The van der Waals surface area contributed by atoms with Gasteiger partial charge in [-0.1, -0.05) is 38.8 Å². The minimum Gasteiger partial charge on any atom is -0.361 e. The van der Waals surface area contributed by atoms with E-state index in [2.05, 4.69) is 48.4 Å². The molecule has 0 aliphatic heterocycles. The van der Waals surface area contributed by atoms with Crippen molar-refractivity contribution < 1.29 is 0 Å². The number of H-pyrrole nitrogens is 1. The van der Waals surface area contributed by atoms with Crippen molar-refractivity contribution in [2.24, 2.45) is 11.8 Å². The van der Waals surface area contributed by atoms with E-state index in [0.29, 0.717) is 6.04 Å². The highest BCUT2D eigenvalue weighted by Gasteiger charge is 2.26. The average molecular weight is 256 g/mol. The molecule has 2 aromatic rings. The molecule has 0 bridgehead atoms. The summed E-state index contributed by atoms with van der Waals surface area (Å²) in [4.78, 5) is 3.29. The molecule has 102 valence electrons. The van der Waals surface area contributed by atoms with E-state index >= 15 is 0 Å². The Morgan fingerprint density at radius 2 is 2.11 bits per heavy atom. The second kappa shape index (κ2) is 5.38. The molecule has 0 radical (unpaired) electrons. The summed E-state index contributed by atoms with van der Waals surface area (Å²) in [5.74, 6) is 1.65. The third-order valence-electron chi connectivity index (χ3n) is 4.95. The minimum atomic E-state index is 0.679. The van der Waals surface area contributed by atoms with Crippen LogP contribution in [0, 0.1) is 11.8 Å². The maximum Gasteiger partial charge on any atom is 0.0457 e. The Morgan fingerprint density at radius 3 is 3.00 bits per heavy atom. The molecule has 3 rings (SSSR count). The molecule has 1 heterocycles. The molecule has 0 spiro atoms. The molecule has 3 atom stereocenters. The number of hydrogen-bond donors (Lipinski definition) is 2. The molecule has 3 unspecified atom stereocenters. The largest absolute Gasteiger partial charge is 0.361 e. The lowest BCUT2D eigenvalue weighted by atomic mass is 9.78. The first-order valence-electron chi connectivity index (χ1n) is 7.54. The van der Waals surface area contributed by atoms with E-state index in [9.17, 15) is 0 Å². The molecular weight excluding hydrogens is 232 g/mol. The van der Waals surface area contributed by atoms with Crippen LogP contribution in [0.2, 0.25) is 0 Å². The molecule has 19 heavy (non-hydrogen) atoms. The Bertz CT molecular complexity index is 543. The van der Waals surface area contributed by atoms with Crippen molar-refractivity contribution in [1.82, 2.24) is 10.3 Å². The number of hydrogen-bond acceptors (Lipinski definition) is 1. The normalized spacial score (nSPS) is 27.8. The lowest BCUT2D eigenvalue weighted by Crippen LogP contribution is -2.40. The van der Waals surface area contributed by atoms with Crippen molar-refractivity contribution in [3.8, 4) is 0 Å². The average Bonchev–Trinajstić information content (AvgIpc) is 2.89. The van der Waals surface area contributed by atoms with E-state index in [-0.39, 0.29) is 0 Å². The molecule has 1 aromatic carbocycles. The fourth-order valence-electron chi connectivity index (χ4n) is 3.42. The first kappa shape index (κ1) is 12.7. The van der Waals surface area contributed by atoms with Crippen LogP contribution >= 0.6 is 0 Å². The Morgan fingerprint density at radius 1 is 1.21 bits per heavy atom. The second-order valence-corrected chi connectivity index (χ2v) is 6.11. The molecule has 0 amide bonds. The van der Waals surface area contributed by atoms with E-state index in [1.54, 1.807) is 0 Å². The number of aromatic nitrogens is 1. The first-order valence-corrected chi connectivity index (χ1v) is 7.54. The van der Waals surface area contributed by atoms with E-state index in [0.717, 1.165) is 18.4 Å². The van der Waals surface area contributed by atoms with Crippen molar-refractivity contribution in [2.45, 2.75) is 45.7 Å². The van der Waals surface area contributed by atoms with Crippen LogP contribution in [0.25, 0.3) is 10.9 Å². The zero-order valence-electron chi connectivity index (χ0n) is 11.9. The summed E-state index contributed by atoms with van der Waals surface area (Å²) < 4.78 is 0. The molecular formula is C17H24N2. The van der Waals surface area contributed by atoms with Gasteiger partial charge in [-0.05, 0) is 36.0 Å². The van der Waals surface area contributed by atoms with Crippen molar-refractivity contribution in [2.75, 3.05) is 0 Å². The number of nitrogens with one attached hydrogen (secondary N) is 2. The van der Waals surface area contributed by atoms with Gasteiger partial charge in [0.15, 0.2) is 0 Å². The van der Waals surface area contributed by atoms with Gasteiger partial charge >= 0.3 is 0 Å². The highest BCUT2D eigenvalue weighted by Crippen LogP contribution is 2.30. The number of rotatable bonds is 3. The minimum absolute atomic E-state index is 0.679. The van der Waals surface area contributed by atoms with Crippen molar-refractivity contribution in [3.05, 3.63) is 36.0 Å². The zero-order chi connectivity index (χ0) is 13.2. The van der Waals surface area contributed by atoms with Crippen LogP contribution in [0.3, 0.4) is 0 Å². The smallest absolute Gasteiger partial charge is 0.0457 e. The van der Waals surface area contributed by atoms with Crippen LogP contribution in [-0.4, -0.2) is 11.0 Å². The fourth-order valence-corrected chi connectivity index (χ4v) is 3.42. The van der Waals surface area contributed by atoms with Gasteiger partial charge in [0.1, 0.15) is 0 Å². The zero-order valence-corrected chi connectivity index (χ0v) is 11.9. The number of fused-ring (bicyclic) bond motifs is 1. The topological polar surface area (TPSA) is 27.8 Å². The molecule has 1 aliphatic rings. The molecule has 2 nitrogen and oxygen atoms in total. The SMILES string of the molecule is CC1CCCC(NCc2cccc3[nH]ccc23)C1C. The summed E-state index contributed by atoms with van der Waals surface area (Å²) in [6.45, 7) is 5.78. The van der Waals surface area contributed by atoms with Gasteiger partial charge in [-0.2, -0.15) is 0 Å². The van der Waals surface area contributed by atoms with Gasteiger partial charge in [-0.15, -0.1) is 0 Å². The summed E-state index contributed by atoms with van der Waals surface area (Å²) in [5, 5.41) is 5.14. The standard InChI is InChI=1S/C17H24N2/c1-12-5-3-7-16(13(12)2)19-11-14-6-4-8-17-15(14)9-10-18-17/h4,6,8-10,12-13,16,18-19H,3,5,7,11H2,1-2H3. The van der Waals surface area contributed by atoms with Crippen molar-refractivity contribution >= 4 is 10.9 Å². The van der Waals surface area contributed by atoms with E-state index in [1.807, 2.05) is 6.20 Å². The van der Waals surface area contributed by atoms with Gasteiger partial charge < -0.3 is 10.3 Å². The van der Waals surface area contributed by atoms with Gasteiger partial charge in [-0.25, -0.2) is 0 Å². The lowest BCUT2D eigenvalue weighted by molar-refractivity contribution is 0.206. The Labute approximate surface area is 115 Å². The molecule has 2 heteroatoms. The van der Waals surface area contributed by atoms with Crippen LogP contribution in [0.15, 0.2) is 30.5 Å². The second-order valence-electron chi connectivity index (χ2n) is 6.11. The molecule has 1 aliphatic carbocycles. The molecule has 2 N–H and O–H groups in total. The number of benzene rings is 1. The van der Waals surface area contributed by atoms with Crippen LogP contribution in [0.1, 0.15) is 38.7 Å². The predicted molar refractivity (Wildman–Crippen MR) is 81.1 cm³/mol. The van der Waals surface area contributed by atoms with E-state index in [1.165, 1.54) is 35.7 Å². The molecule has 1 fully saturated rings. The van der Waals surface area contributed by atoms with E-state index < -0.39 is 0 Å². The van der Waals surface area contributed by atoms with Gasteiger partial charge in [0, 0.05) is 29.7 Å². The maximum atomic E-state index is 3.79. The summed E-state index contributed by atoms with van der Waals surface area (Å²) in [5.41, 5.74) is 2.65. The molecule has 0 saturated heterocycles. The van der Waals surface area contributed by atoms with Crippen molar-refractivity contribution in [3.63, 3.8) is 0 Å². The van der Waals surface area contributed by atoms with Gasteiger partial charge in [0.2, 0.25) is 0 Å². The molecule has 1 aromatic heterocycles. The number of aromatic amines is 1. The maximum absolute atomic E-state index is 3.79. The molecule has 1 saturated carbocycles.